The molecule has 1 aliphatic heterocycles. The fourth-order valence-corrected chi connectivity index (χ4v) is 4.33. The maximum absolute atomic E-state index is 13.4. The highest BCUT2D eigenvalue weighted by molar-refractivity contribution is 5.95. The lowest BCUT2D eigenvalue weighted by molar-refractivity contribution is 0.0142. The minimum atomic E-state index is -0.506. The number of nitriles is 1. The summed E-state index contributed by atoms with van der Waals surface area (Å²) in [5, 5.41) is 8.97. The van der Waals surface area contributed by atoms with Gasteiger partial charge in [0, 0.05) is 30.7 Å². The van der Waals surface area contributed by atoms with Gasteiger partial charge >= 0.3 is 6.09 Å². The minimum absolute atomic E-state index is 0.0691. The van der Waals surface area contributed by atoms with E-state index in [0.717, 1.165) is 36.8 Å². The van der Waals surface area contributed by atoms with E-state index in [1.54, 1.807) is 17.0 Å². The van der Waals surface area contributed by atoms with Crippen molar-refractivity contribution < 1.29 is 14.3 Å². The molecule has 1 heterocycles. The number of amides is 2. The van der Waals surface area contributed by atoms with Crippen LogP contribution < -0.4 is 0 Å². The molecule has 0 bridgehead atoms. The molecule has 0 radical (unpaired) electrons. The molecule has 2 amide bonds. The molecule has 2 aliphatic rings. The van der Waals surface area contributed by atoms with E-state index in [2.05, 4.69) is 11.0 Å². The largest absolute Gasteiger partial charge is 0.444 e. The Labute approximate surface area is 195 Å². The quantitative estimate of drug-likeness (QED) is 0.646. The van der Waals surface area contributed by atoms with E-state index in [0.29, 0.717) is 30.3 Å². The van der Waals surface area contributed by atoms with Gasteiger partial charge in [-0.25, -0.2) is 4.79 Å². The molecule has 0 N–H and O–H groups in total. The number of nitrogens with zero attached hydrogens (tertiary/aromatic N) is 3. The van der Waals surface area contributed by atoms with Crippen LogP contribution in [-0.4, -0.2) is 52.6 Å². The van der Waals surface area contributed by atoms with Crippen molar-refractivity contribution in [3.05, 3.63) is 59.7 Å². The van der Waals surface area contributed by atoms with Crippen LogP contribution in [-0.2, 0) is 4.74 Å². The van der Waals surface area contributed by atoms with E-state index >= 15 is 0 Å². The van der Waals surface area contributed by atoms with Crippen molar-refractivity contribution in [2.75, 3.05) is 13.1 Å². The van der Waals surface area contributed by atoms with Gasteiger partial charge in [-0.3, -0.25) is 4.79 Å². The van der Waals surface area contributed by atoms with Gasteiger partial charge in [-0.2, -0.15) is 5.26 Å². The lowest BCUT2D eigenvalue weighted by atomic mass is 10.00. The molecule has 2 aromatic rings. The molecule has 0 aromatic heterocycles. The summed E-state index contributed by atoms with van der Waals surface area (Å²) in [7, 11) is 0. The highest BCUT2D eigenvalue weighted by Crippen LogP contribution is 2.34. The fraction of sp³-hybridized carbons (Fsp3) is 0.444. The standard InChI is InChI=1S/C27H31N3O3/c1-27(2,3)33-26(32)29-16-14-24(15-17-29)30(23-12-13-23)25(31)22-10-8-21(9-11-22)20-6-4-19(18-28)5-7-20/h4-11,23-24H,12-17H2,1-3H3. The van der Waals surface area contributed by atoms with E-state index < -0.39 is 5.60 Å². The van der Waals surface area contributed by atoms with Crippen molar-refractivity contribution in [2.45, 2.75) is 64.1 Å². The predicted octanol–water partition coefficient (Wildman–Crippen LogP) is 5.23. The van der Waals surface area contributed by atoms with Crippen LogP contribution in [0, 0.1) is 11.3 Å². The van der Waals surface area contributed by atoms with E-state index in [9.17, 15) is 9.59 Å². The summed E-state index contributed by atoms with van der Waals surface area (Å²) in [4.78, 5) is 29.6. The topological polar surface area (TPSA) is 73.6 Å². The summed E-state index contributed by atoms with van der Waals surface area (Å²) in [6.07, 6.45) is 3.35. The van der Waals surface area contributed by atoms with Gasteiger partial charge in [-0.1, -0.05) is 24.3 Å². The molecule has 2 fully saturated rings. The van der Waals surface area contributed by atoms with E-state index in [-0.39, 0.29) is 18.0 Å². The van der Waals surface area contributed by atoms with Crippen LogP contribution in [0.15, 0.2) is 48.5 Å². The van der Waals surface area contributed by atoms with Gasteiger partial charge in [0.15, 0.2) is 0 Å². The Hall–Kier alpha value is -3.33. The maximum Gasteiger partial charge on any atom is 0.410 e. The van der Waals surface area contributed by atoms with Crippen molar-refractivity contribution in [1.82, 2.24) is 9.80 Å². The average Bonchev–Trinajstić information content (AvgIpc) is 3.64. The number of piperidine rings is 1. The van der Waals surface area contributed by atoms with Crippen molar-refractivity contribution in [3.63, 3.8) is 0 Å². The van der Waals surface area contributed by atoms with E-state index in [1.165, 1.54) is 0 Å². The van der Waals surface area contributed by atoms with Gasteiger partial charge < -0.3 is 14.5 Å². The molecule has 0 spiro atoms. The van der Waals surface area contributed by atoms with Gasteiger partial charge in [-0.05, 0) is 81.8 Å². The number of carbonyl (C=O) groups is 2. The first-order valence-electron chi connectivity index (χ1n) is 11.7. The highest BCUT2D eigenvalue weighted by atomic mass is 16.6. The molecule has 2 aromatic carbocycles. The van der Waals surface area contributed by atoms with E-state index in [1.807, 2.05) is 57.2 Å². The van der Waals surface area contributed by atoms with Crippen LogP contribution in [0.1, 0.15) is 62.4 Å². The second kappa shape index (κ2) is 9.27. The number of ether oxygens (including phenoxy) is 1. The Morgan fingerprint density at radius 3 is 1.91 bits per heavy atom. The molecule has 4 rings (SSSR count). The Bertz CT molecular complexity index is 1040. The number of rotatable bonds is 4. The second-order valence-corrected chi connectivity index (χ2v) is 9.91. The molecular weight excluding hydrogens is 414 g/mol. The van der Waals surface area contributed by atoms with Crippen molar-refractivity contribution in [3.8, 4) is 17.2 Å². The molecule has 1 saturated carbocycles. The Morgan fingerprint density at radius 2 is 1.42 bits per heavy atom. The number of carbonyl (C=O) groups excluding carboxylic acids is 2. The van der Waals surface area contributed by atoms with Gasteiger partial charge in [0.1, 0.15) is 5.60 Å². The Morgan fingerprint density at radius 1 is 0.909 bits per heavy atom. The first kappa shape index (κ1) is 22.8. The Kier molecular flexibility index (Phi) is 6.42. The fourth-order valence-electron chi connectivity index (χ4n) is 4.33. The van der Waals surface area contributed by atoms with Crippen LogP contribution in [0.4, 0.5) is 4.79 Å². The van der Waals surface area contributed by atoms with Gasteiger partial charge in [0.2, 0.25) is 0 Å². The van der Waals surface area contributed by atoms with E-state index in [4.69, 9.17) is 10.00 Å². The molecular formula is C27H31N3O3. The molecule has 6 heteroatoms. The van der Waals surface area contributed by atoms with Crippen molar-refractivity contribution in [2.24, 2.45) is 0 Å². The number of hydrogen-bond acceptors (Lipinski definition) is 4. The third kappa shape index (κ3) is 5.54. The summed E-state index contributed by atoms with van der Waals surface area (Å²) in [5.74, 6) is 0.0691. The predicted molar refractivity (Wildman–Crippen MR) is 127 cm³/mol. The highest BCUT2D eigenvalue weighted by Gasteiger charge is 2.39. The average molecular weight is 446 g/mol. The zero-order chi connectivity index (χ0) is 23.6. The van der Waals surface area contributed by atoms with Crippen LogP contribution >= 0.6 is 0 Å². The third-order valence-electron chi connectivity index (χ3n) is 6.16. The zero-order valence-electron chi connectivity index (χ0n) is 19.6. The third-order valence-corrected chi connectivity index (χ3v) is 6.16. The summed E-state index contributed by atoms with van der Waals surface area (Å²) in [5.41, 5.74) is 2.84. The smallest absolute Gasteiger partial charge is 0.410 e. The van der Waals surface area contributed by atoms with Gasteiger partial charge in [-0.15, -0.1) is 0 Å². The summed E-state index contributed by atoms with van der Waals surface area (Å²) >= 11 is 0. The summed E-state index contributed by atoms with van der Waals surface area (Å²) < 4.78 is 5.50. The van der Waals surface area contributed by atoms with Crippen LogP contribution in [0.5, 0.6) is 0 Å². The normalized spacial score (nSPS) is 16.7. The van der Waals surface area contributed by atoms with Crippen LogP contribution in [0.3, 0.4) is 0 Å². The monoisotopic (exact) mass is 445 g/mol. The minimum Gasteiger partial charge on any atom is -0.444 e. The lowest BCUT2D eigenvalue weighted by Crippen LogP contribution is -2.50. The lowest BCUT2D eigenvalue weighted by Gasteiger charge is -2.39. The van der Waals surface area contributed by atoms with Crippen LogP contribution in [0.2, 0.25) is 0 Å². The van der Waals surface area contributed by atoms with Crippen molar-refractivity contribution >= 4 is 12.0 Å². The SMILES string of the molecule is CC(C)(C)OC(=O)N1CCC(N(C(=O)c2ccc(-c3ccc(C#N)cc3)cc2)C2CC2)CC1. The molecule has 1 aliphatic carbocycles. The first-order valence-corrected chi connectivity index (χ1v) is 11.7. The summed E-state index contributed by atoms with van der Waals surface area (Å²) in [6.45, 7) is 6.83. The molecule has 33 heavy (non-hydrogen) atoms. The summed E-state index contributed by atoms with van der Waals surface area (Å²) in [6, 6.07) is 17.7. The Balaban J connectivity index is 1.42. The first-order chi connectivity index (χ1) is 15.7. The molecule has 0 atom stereocenters. The number of likely N-dealkylation sites (tertiary alicyclic amines) is 1. The van der Waals surface area contributed by atoms with Crippen molar-refractivity contribution in [1.29, 1.82) is 5.26 Å². The molecule has 172 valence electrons. The maximum atomic E-state index is 13.4. The van der Waals surface area contributed by atoms with Gasteiger partial charge in [0.05, 0.1) is 11.6 Å². The van der Waals surface area contributed by atoms with Crippen LogP contribution in [0.25, 0.3) is 11.1 Å². The number of hydrogen-bond donors (Lipinski definition) is 0. The molecule has 0 unspecified atom stereocenters. The second-order valence-electron chi connectivity index (χ2n) is 9.91. The number of benzene rings is 2. The molecule has 1 saturated heterocycles. The van der Waals surface area contributed by atoms with Gasteiger partial charge in [0.25, 0.3) is 5.91 Å². The molecule has 6 nitrogen and oxygen atoms in total. The zero-order valence-corrected chi connectivity index (χ0v) is 19.6.